The van der Waals surface area contributed by atoms with Crippen LogP contribution >= 0.6 is 11.8 Å². The molecule has 0 radical (unpaired) electrons. The Morgan fingerprint density at radius 1 is 0.971 bits per heavy atom. The van der Waals surface area contributed by atoms with E-state index in [0.29, 0.717) is 24.1 Å². The Hall–Kier alpha value is -3.78. The minimum absolute atomic E-state index is 0.0622. The SMILES string of the molecule is CCOc1ccc(-n2c(SCC(=O)N3CCc4ccccc43)nnc2-c2ccc(OC)cc2)cc1. The predicted molar refractivity (Wildman–Crippen MR) is 138 cm³/mol. The number of benzene rings is 3. The Balaban J connectivity index is 1.44. The first-order chi connectivity index (χ1) is 17.2. The van der Waals surface area contributed by atoms with Crippen molar-refractivity contribution in [3.05, 3.63) is 78.4 Å². The van der Waals surface area contributed by atoms with Gasteiger partial charge in [0.2, 0.25) is 5.91 Å². The average Bonchev–Trinajstić information content (AvgIpc) is 3.53. The predicted octanol–water partition coefficient (Wildman–Crippen LogP) is 5.02. The van der Waals surface area contributed by atoms with Crippen LogP contribution in [0.4, 0.5) is 5.69 Å². The maximum absolute atomic E-state index is 13.1. The van der Waals surface area contributed by atoms with E-state index in [1.54, 1.807) is 7.11 Å². The molecule has 1 aliphatic rings. The molecule has 178 valence electrons. The van der Waals surface area contributed by atoms with Crippen molar-refractivity contribution in [1.29, 1.82) is 0 Å². The molecule has 0 saturated carbocycles. The fourth-order valence-corrected chi connectivity index (χ4v) is 5.01. The van der Waals surface area contributed by atoms with E-state index in [-0.39, 0.29) is 11.7 Å². The van der Waals surface area contributed by atoms with Gasteiger partial charge in [0.1, 0.15) is 11.5 Å². The Morgan fingerprint density at radius 2 is 1.71 bits per heavy atom. The first-order valence-corrected chi connectivity index (χ1v) is 12.5. The summed E-state index contributed by atoms with van der Waals surface area (Å²) in [5, 5.41) is 9.59. The van der Waals surface area contributed by atoms with Crippen LogP contribution in [0.3, 0.4) is 0 Å². The summed E-state index contributed by atoms with van der Waals surface area (Å²) >= 11 is 1.39. The van der Waals surface area contributed by atoms with Crippen LogP contribution in [-0.2, 0) is 11.2 Å². The summed E-state index contributed by atoms with van der Waals surface area (Å²) in [6.45, 7) is 3.27. The summed E-state index contributed by atoms with van der Waals surface area (Å²) in [5.41, 5.74) is 4.01. The van der Waals surface area contributed by atoms with Crippen LogP contribution in [0.25, 0.3) is 17.1 Å². The first kappa shape index (κ1) is 23.0. The van der Waals surface area contributed by atoms with Crippen LogP contribution in [0, 0.1) is 0 Å². The fourth-order valence-electron chi connectivity index (χ4n) is 4.18. The lowest BCUT2D eigenvalue weighted by atomic mass is 10.2. The second-order valence-electron chi connectivity index (χ2n) is 8.01. The van der Waals surface area contributed by atoms with E-state index < -0.39 is 0 Å². The zero-order chi connectivity index (χ0) is 24.2. The van der Waals surface area contributed by atoms with Gasteiger partial charge in [-0.3, -0.25) is 9.36 Å². The zero-order valence-electron chi connectivity index (χ0n) is 19.7. The van der Waals surface area contributed by atoms with E-state index in [4.69, 9.17) is 9.47 Å². The van der Waals surface area contributed by atoms with E-state index in [0.717, 1.165) is 34.9 Å². The van der Waals surface area contributed by atoms with E-state index in [2.05, 4.69) is 16.3 Å². The number of thioether (sulfide) groups is 1. The number of carbonyl (C=O) groups excluding carboxylic acids is 1. The van der Waals surface area contributed by atoms with Gasteiger partial charge < -0.3 is 14.4 Å². The molecule has 1 aliphatic heterocycles. The number of hydrogen-bond acceptors (Lipinski definition) is 6. The second kappa shape index (κ2) is 10.2. The lowest BCUT2D eigenvalue weighted by Crippen LogP contribution is -2.30. The molecule has 0 unspecified atom stereocenters. The summed E-state index contributed by atoms with van der Waals surface area (Å²) in [7, 11) is 1.64. The number of hydrogen-bond donors (Lipinski definition) is 0. The van der Waals surface area contributed by atoms with E-state index in [1.807, 2.05) is 83.1 Å². The van der Waals surface area contributed by atoms with Gasteiger partial charge in [-0.15, -0.1) is 10.2 Å². The average molecular weight is 487 g/mol. The Bertz CT molecular complexity index is 1320. The molecule has 0 saturated heterocycles. The maximum atomic E-state index is 13.1. The quantitative estimate of drug-likeness (QED) is 0.326. The topological polar surface area (TPSA) is 69.5 Å². The number of anilines is 1. The van der Waals surface area contributed by atoms with Crippen molar-refractivity contribution >= 4 is 23.4 Å². The summed E-state index contributed by atoms with van der Waals surface area (Å²) in [6, 6.07) is 23.6. The van der Waals surface area contributed by atoms with Crippen LogP contribution in [0.1, 0.15) is 12.5 Å². The van der Waals surface area contributed by atoms with Gasteiger partial charge in [-0.25, -0.2) is 0 Å². The van der Waals surface area contributed by atoms with Crippen LogP contribution in [0.2, 0.25) is 0 Å². The van der Waals surface area contributed by atoms with Crippen molar-refractivity contribution in [2.24, 2.45) is 0 Å². The van der Waals surface area contributed by atoms with Crippen LogP contribution in [-0.4, -0.2) is 46.7 Å². The van der Waals surface area contributed by atoms with Gasteiger partial charge in [0.25, 0.3) is 0 Å². The highest BCUT2D eigenvalue weighted by Crippen LogP contribution is 2.32. The van der Waals surface area contributed by atoms with E-state index in [9.17, 15) is 4.79 Å². The van der Waals surface area contributed by atoms with Gasteiger partial charge in [-0.2, -0.15) is 0 Å². The molecule has 7 nitrogen and oxygen atoms in total. The molecule has 8 heteroatoms. The van der Waals surface area contributed by atoms with Crippen LogP contribution in [0.15, 0.2) is 78.0 Å². The second-order valence-corrected chi connectivity index (χ2v) is 8.95. The number of nitrogens with zero attached hydrogens (tertiary/aromatic N) is 4. The summed E-state index contributed by atoms with van der Waals surface area (Å²) in [6.07, 6.45) is 0.885. The number of methoxy groups -OCH3 is 1. The molecule has 2 heterocycles. The Kier molecular flexibility index (Phi) is 6.72. The minimum atomic E-state index is 0.0622. The number of carbonyl (C=O) groups is 1. The summed E-state index contributed by atoms with van der Waals surface area (Å²) < 4.78 is 12.9. The lowest BCUT2D eigenvalue weighted by Gasteiger charge is -2.17. The lowest BCUT2D eigenvalue weighted by molar-refractivity contribution is -0.116. The number of rotatable bonds is 8. The molecule has 0 atom stereocenters. The van der Waals surface area contributed by atoms with Gasteiger partial charge in [-0.05, 0) is 73.5 Å². The number of ether oxygens (including phenoxy) is 2. The molecule has 35 heavy (non-hydrogen) atoms. The number of aromatic nitrogens is 3. The molecule has 4 aromatic rings. The molecular weight excluding hydrogens is 460 g/mol. The van der Waals surface area contributed by atoms with Crippen molar-refractivity contribution in [3.8, 4) is 28.6 Å². The van der Waals surface area contributed by atoms with Gasteiger partial charge in [-0.1, -0.05) is 30.0 Å². The van der Waals surface area contributed by atoms with Crippen molar-refractivity contribution in [3.63, 3.8) is 0 Å². The standard InChI is InChI=1S/C27H26N4O3S/c1-3-34-23-14-10-21(11-15-23)31-26(20-8-12-22(33-2)13-9-20)28-29-27(31)35-18-25(32)30-17-16-19-6-4-5-7-24(19)30/h4-15H,3,16-18H2,1-2H3. The number of para-hydroxylation sites is 1. The monoisotopic (exact) mass is 486 g/mol. The number of fused-ring (bicyclic) bond motifs is 1. The smallest absolute Gasteiger partial charge is 0.237 e. The summed E-state index contributed by atoms with van der Waals surface area (Å²) in [4.78, 5) is 15.0. The Morgan fingerprint density at radius 3 is 2.46 bits per heavy atom. The van der Waals surface area contributed by atoms with Crippen molar-refractivity contribution in [2.75, 3.05) is 30.9 Å². The molecule has 3 aromatic carbocycles. The highest BCUT2D eigenvalue weighted by Gasteiger charge is 2.25. The van der Waals surface area contributed by atoms with E-state index in [1.165, 1.54) is 17.3 Å². The first-order valence-electron chi connectivity index (χ1n) is 11.5. The third-order valence-corrected chi connectivity index (χ3v) is 6.81. The van der Waals surface area contributed by atoms with Crippen LogP contribution < -0.4 is 14.4 Å². The third-order valence-electron chi connectivity index (χ3n) is 5.90. The molecule has 0 aliphatic carbocycles. The molecule has 0 spiro atoms. The molecule has 1 aromatic heterocycles. The van der Waals surface area contributed by atoms with Gasteiger partial charge >= 0.3 is 0 Å². The van der Waals surface area contributed by atoms with Crippen molar-refractivity contribution < 1.29 is 14.3 Å². The van der Waals surface area contributed by atoms with Gasteiger partial charge in [0.05, 0.1) is 19.5 Å². The summed E-state index contributed by atoms with van der Waals surface area (Å²) in [5.74, 6) is 2.59. The molecule has 0 fully saturated rings. The number of amides is 1. The van der Waals surface area contributed by atoms with E-state index >= 15 is 0 Å². The van der Waals surface area contributed by atoms with Crippen molar-refractivity contribution in [1.82, 2.24) is 14.8 Å². The van der Waals surface area contributed by atoms with Gasteiger partial charge in [0, 0.05) is 23.5 Å². The fraction of sp³-hybridized carbons (Fsp3) is 0.222. The molecule has 0 bridgehead atoms. The van der Waals surface area contributed by atoms with Gasteiger partial charge in [0.15, 0.2) is 11.0 Å². The van der Waals surface area contributed by atoms with Crippen molar-refractivity contribution in [2.45, 2.75) is 18.5 Å². The maximum Gasteiger partial charge on any atom is 0.237 e. The molecule has 0 N–H and O–H groups in total. The molecular formula is C27H26N4O3S. The highest BCUT2D eigenvalue weighted by molar-refractivity contribution is 7.99. The highest BCUT2D eigenvalue weighted by atomic mass is 32.2. The minimum Gasteiger partial charge on any atom is -0.497 e. The third kappa shape index (κ3) is 4.74. The Labute approximate surface area is 208 Å². The molecule has 5 rings (SSSR count). The largest absolute Gasteiger partial charge is 0.497 e. The molecule has 1 amide bonds. The van der Waals surface area contributed by atoms with Crippen LogP contribution in [0.5, 0.6) is 11.5 Å². The zero-order valence-corrected chi connectivity index (χ0v) is 20.5. The normalized spacial score (nSPS) is 12.5.